The molecule has 1 aliphatic heterocycles. The van der Waals surface area contributed by atoms with Gasteiger partial charge in [0.25, 0.3) is 0 Å². The number of likely N-dealkylation sites (tertiary alicyclic amines) is 1. The lowest BCUT2D eigenvalue weighted by atomic mass is 9.96. The van der Waals surface area contributed by atoms with Gasteiger partial charge in [-0.1, -0.05) is 13.3 Å². The van der Waals surface area contributed by atoms with Crippen LogP contribution >= 0.6 is 0 Å². The Morgan fingerprint density at radius 1 is 1.47 bits per heavy atom. The molecule has 17 heavy (non-hydrogen) atoms. The molecule has 0 radical (unpaired) electrons. The molecule has 2 heterocycles. The van der Waals surface area contributed by atoms with E-state index < -0.39 is 0 Å². The Labute approximate surface area is 104 Å². The summed E-state index contributed by atoms with van der Waals surface area (Å²) >= 11 is 0. The molecule has 3 nitrogen and oxygen atoms in total. The van der Waals surface area contributed by atoms with Crippen LogP contribution in [0.25, 0.3) is 0 Å². The molecule has 1 aliphatic rings. The summed E-state index contributed by atoms with van der Waals surface area (Å²) < 4.78 is 5.22. The van der Waals surface area contributed by atoms with Gasteiger partial charge in [-0.15, -0.1) is 0 Å². The van der Waals surface area contributed by atoms with Gasteiger partial charge in [0.1, 0.15) is 0 Å². The standard InChI is InChI=1S/C14H22N2O/c1-4-16-8-6-5-7-13(16)12-9-11(2)14(17-3)15-10-12/h9-10,13H,4-8H2,1-3H3/t13-/m0/s1. The molecule has 2 rings (SSSR count). The summed E-state index contributed by atoms with van der Waals surface area (Å²) in [5.74, 6) is 0.743. The summed E-state index contributed by atoms with van der Waals surface area (Å²) in [6.45, 7) is 6.64. The normalized spacial score (nSPS) is 21.5. The highest BCUT2D eigenvalue weighted by molar-refractivity contribution is 5.30. The molecule has 1 atom stereocenters. The molecule has 3 heteroatoms. The van der Waals surface area contributed by atoms with Crippen molar-refractivity contribution in [1.82, 2.24) is 9.88 Å². The minimum Gasteiger partial charge on any atom is -0.481 e. The Morgan fingerprint density at radius 2 is 2.29 bits per heavy atom. The predicted molar refractivity (Wildman–Crippen MR) is 69.4 cm³/mol. The van der Waals surface area contributed by atoms with Crippen molar-refractivity contribution < 1.29 is 4.74 Å². The van der Waals surface area contributed by atoms with Crippen LogP contribution in [0.4, 0.5) is 0 Å². The summed E-state index contributed by atoms with van der Waals surface area (Å²) in [6, 6.07) is 2.77. The highest BCUT2D eigenvalue weighted by Gasteiger charge is 2.23. The van der Waals surface area contributed by atoms with Crippen molar-refractivity contribution in [3.8, 4) is 5.88 Å². The zero-order valence-corrected chi connectivity index (χ0v) is 11.1. The highest BCUT2D eigenvalue weighted by Crippen LogP contribution is 2.31. The van der Waals surface area contributed by atoms with E-state index in [9.17, 15) is 0 Å². The van der Waals surface area contributed by atoms with Gasteiger partial charge in [0.2, 0.25) is 5.88 Å². The number of aromatic nitrogens is 1. The van der Waals surface area contributed by atoms with E-state index in [2.05, 4.69) is 29.8 Å². The maximum absolute atomic E-state index is 5.22. The molecule has 0 aromatic carbocycles. The van der Waals surface area contributed by atoms with Crippen molar-refractivity contribution in [2.24, 2.45) is 0 Å². The van der Waals surface area contributed by atoms with Crippen LogP contribution in [0.15, 0.2) is 12.3 Å². The third-order valence-corrected chi connectivity index (χ3v) is 3.65. The topological polar surface area (TPSA) is 25.4 Å². The van der Waals surface area contributed by atoms with Crippen LogP contribution in [0.3, 0.4) is 0 Å². The van der Waals surface area contributed by atoms with E-state index in [0.29, 0.717) is 6.04 Å². The van der Waals surface area contributed by atoms with Gasteiger partial charge < -0.3 is 4.74 Å². The van der Waals surface area contributed by atoms with Crippen LogP contribution in [0.2, 0.25) is 0 Å². The van der Waals surface area contributed by atoms with Crippen LogP contribution < -0.4 is 4.74 Å². The molecule has 0 amide bonds. The van der Waals surface area contributed by atoms with Gasteiger partial charge >= 0.3 is 0 Å². The number of hydrogen-bond donors (Lipinski definition) is 0. The minimum atomic E-state index is 0.547. The zero-order valence-electron chi connectivity index (χ0n) is 11.1. The first-order chi connectivity index (χ1) is 8.26. The maximum Gasteiger partial charge on any atom is 0.215 e. The van der Waals surface area contributed by atoms with Crippen LogP contribution in [-0.4, -0.2) is 30.1 Å². The molecule has 0 bridgehead atoms. The molecule has 1 aromatic heterocycles. The number of hydrogen-bond acceptors (Lipinski definition) is 3. The first kappa shape index (κ1) is 12.4. The molecule has 0 aliphatic carbocycles. The number of rotatable bonds is 3. The lowest BCUT2D eigenvalue weighted by Crippen LogP contribution is -2.33. The van der Waals surface area contributed by atoms with E-state index in [1.54, 1.807) is 7.11 Å². The first-order valence-electron chi connectivity index (χ1n) is 6.50. The van der Waals surface area contributed by atoms with Crippen molar-refractivity contribution in [2.45, 2.75) is 39.2 Å². The highest BCUT2D eigenvalue weighted by atomic mass is 16.5. The molecular weight excluding hydrogens is 212 g/mol. The monoisotopic (exact) mass is 234 g/mol. The van der Waals surface area contributed by atoms with Gasteiger partial charge in [0, 0.05) is 17.8 Å². The molecular formula is C14H22N2O. The molecule has 1 aromatic rings. The van der Waals surface area contributed by atoms with E-state index in [-0.39, 0.29) is 0 Å². The molecule has 0 unspecified atom stereocenters. The molecule has 0 saturated carbocycles. The van der Waals surface area contributed by atoms with Crippen molar-refractivity contribution in [3.63, 3.8) is 0 Å². The third kappa shape index (κ3) is 2.60. The van der Waals surface area contributed by atoms with Gasteiger partial charge in [0.15, 0.2) is 0 Å². The molecule has 94 valence electrons. The van der Waals surface area contributed by atoms with Crippen LogP contribution in [0, 0.1) is 6.92 Å². The fraction of sp³-hybridized carbons (Fsp3) is 0.643. The Kier molecular flexibility index (Phi) is 4.00. The van der Waals surface area contributed by atoms with Crippen LogP contribution in [-0.2, 0) is 0 Å². The van der Waals surface area contributed by atoms with E-state index in [1.165, 1.54) is 31.4 Å². The van der Waals surface area contributed by atoms with E-state index in [0.717, 1.165) is 18.0 Å². The Hall–Kier alpha value is -1.09. The third-order valence-electron chi connectivity index (χ3n) is 3.65. The molecule has 0 spiro atoms. The molecule has 0 N–H and O–H groups in total. The van der Waals surface area contributed by atoms with Crippen molar-refractivity contribution in [1.29, 1.82) is 0 Å². The second-order valence-corrected chi connectivity index (χ2v) is 4.73. The SMILES string of the molecule is CCN1CCCC[C@H]1c1cnc(OC)c(C)c1. The number of methoxy groups -OCH3 is 1. The summed E-state index contributed by atoms with van der Waals surface area (Å²) in [7, 11) is 1.67. The summed E-state index contributed by atoms with van der Waals surface area (Å²) in [4.78, 5) is 6.94. The van der Waals surface area contributed by atoms with Gasteiger partial charge in [0.05, 0.1) is 7.11 Å². The number of pyridine rings is 1. The Bertz CT molecular complexity index is 378. The van der Waals surface area contributed by atoms with Crippen molar-refractivity contribution in [3.05, 3.63) is 23.4 Å². The van der Waals surface area contributed by atoms with Crippen LogP contribution in [0.5, 0.6) is 5.88 Å². The predicted octanol–water partition coefficient (Wildman–Crippen LogP) is 2.95. The largest absolute Gasteiger partial charge is 0.481 e. The van der Waals surface area contributed by atoms with Gasteiger partial charge in [-0.05, 0) is 44.5 Å². The van der Waals surface area contributed by atoms with Gasteiger partial charge in [-0.3, -0.25) is 4.90 Å². The second-order valence-electron chi connectivity index (χ2n) is 4.73. The number of nitrogens with zero attached hydrogens (tertiary/aromatic N) is 2. The summed E-state index contributed by atoms with van der Waals surface area (Å²) in [6.07, 6.45) is 5.88. The fourth-order valence-electron chi connectivity index (χ4n) is 2.73. The van der Waals surface area contributed by atoms with Gasteiger partial charge in [-0.25, -0.2) is 4.98 Å². The van der Waals surface area contributed by atoms with Crippen LogP contribution in [0.1, 0.15) is 43.4 Å². The van der Waals surface area contributed by atoms with E-state index >= 15 is 0 Å². The fourth-order valence-corrected chi connectivity index (χ4v) is 2.73. The van der Waals surface area contributed by atoms with Gasteiger partial charge in [-0.2, -0.15) is 0 Å². The Morgan fingerprint density at radius 3 is 2.94 bits per heavy atom. The lowest BCUT2D eigenvalue weighted by molar-refractivity contribution is 0.156. The lowest BCUT2D eigenvalue weighted by Gasteiger charge is -2.35. The molecule has 1 fully saturated rings. The van der Waals surface area contributed by atoms with Crippen molar-refractivity contribution >= 4 is 0 Å². The number of aryl methyl sites for hydroxylation is 1. The Balaban J connectivity index is 2.23. The van der Waals surface area contributed by atoms with E-state index in [4.69, 9.17) is 4.74 Å². The zero-order chi connectivity index (χ0) is 12.3. The quantitative estimate of drug-likeness (QED) is 0.804. The number of piperidine rings is 1. The second kappa shape index (κ2) is 5.50. The number of ether oxygens (including phenoxy) is 1. The minimum absolute atomic E-state index is 0.547. The first-order valence-corrected chi connectivity index (χ1v) is 6.50. The summed E-state index contributed by atoms with van der Waals surface area (Å²) in [5, 5.41) is 0. The average Bonchev–Trinajstić information content (AvgIpc) is 2.38. The average molecular weight is 234 g/mol. The molecule has 1 saturated heterocycles. The maximum atomic E-state index is 5.22. The van der Waals surface area contributed by atoms with Crippen molar-refractivity contribution in [2.75, 3.05) is 20.2 Å². The van der Waals surface area contributed by atoms with E-state index in [1.807, 2.05) is 6.20 Å². The summed E-state index contributed by atoms with van der Waals surface area (Å²) in [5.41, 5.74) is 2.47. The smallest absolute Gasteiger partial charge is 0.215 e.